The molecule has 7 heteroatoms. The fraction of sp³-hybridized carbons (Fsp3) is 0.208. The van der Waals surface area contributed by atoms with Crippen LogP contribution in [0.15, 0.2) is 89.8 Å². The van der Waals surface area contributed by atoms with Gasteiger partial charge in [-0.25, -0.2) is 12.8 Å². The zero-order valence-corrected chi connectivity index (χ0v) is 17.6. The molecule has 0 bridgehead atoms. The molecule has 3 aromatic carbocycles. The summed E-state index contributed by atoms with van der Waals surface area (Å²) in [4.78, 5) is 13.0. The molecule has 31 heavy (non-hydrogen) atoms. The molecule has 5 nitrogen and oxygen atoms in total. The molecule has 1 fully saturated rings. The van der Waals surface area contributed by atoms with Crippen molar-refractivity contribution < 1.29 is 17.6 Å². The lowest BCUT2D eigenvalue weighted by molar-refractivity contribution is -0.121. The highest BCUT2D eigenvalue weighted by molar-refractivity contribution is 7.89. The number of nitrogens with zero attached hydrogens (tertiary/aromatic N) is 1. The van der Waals surface area contributed by atoms with E-state index in [1.807, 2.05) is 18.2 Å². The number of para-hydroxylation sites is 1. The Hall–Kier alpha value is -3.03. The number of piperidine rings is 1. The van der Waals surface area contributed by atoms with Gasteiger partial charge in [-0.1, -0.05) is 48.5 Å². The quantitative estimate of drug-likeness (QED) is 0.633. The van der Waals surface area contributed by atoms with Gasteiger partial charge in [-0.05, 0) is 54.8 Å². The van der Waals surface area contributed by atoms with Gasteiger partial charge in [0, 0.05) is 12.2 Å². The summed E-state index contributed by atoms with van der Waals surface area (Å²) in [5.41, 5.74) is 1.25. The van der Waals surface area contributed by atoms with Gasteiger partial charge >= 0.3 is 0 Å². The highest BCUT2D eigenvalue weighted by Crippen LogP contribution is 2.38. The van der Waals surface area contributed by atoms with Gasteiger partial charge in [0.2, 0.25) is 15.9 Å². The molecule has 1 N–H and O–H groups in total. The Morgan fingerprint density at radius 2 is 1.58 bits per heavy atom. The van der Waals surface area contributed by atoms with Gasteiger partial charge in [0.25, 0.3) is 0 Å². The van der Waals surface area contributed by atoms with Crippen molar-refractivity contribution in [3.05, 3.63) is 96.3 Å². The van der Waals surface area contributed by atoms with E-state index in [2.05, 4.69) is 5.32 Å². The Morgan fingerprint density at radius 1 is 0.903 bits per heavy atom. The van der Waals surface area contributed by atoms with Crippen LogP contribution in [-0.4, -0.2) is 25.2 Å². The van der Waals surface area contributed by atoms with Crippen LogP contribution in [0.2, 0.25) is 0 Å². The normalized spacial score (nSPS) is 19.6. The molecule has 1 saturated heterocycles. The topological polar surface area (TPSA) is 66.5 Å². The monoisotopic (exact) mass is 438 g/mol. The number of sulfonamides is 1. The minimum absolute atomic E-state index is 0.0249. The maximum atomic E-state index is 13.9. The summed E-state index contributed by atoms with van der Waals surface area (Å²) in [6, 6.07) is 22.7. The van der Waals surface area contributed by atoms with E-state index < -0.39 is 27.8 Å². The van der Waals surface area contributed by atoms with Crippen LogP contribution in [-0.2, 0) is 14.8 Å². The Kier molecular flexibility index (Phi) is 6.15. The maximum absolute atomic E-state index is 13.9. The van der Waals surface area contributed by atoms with Gasteiger partial charge in [-0.15, -0.1) is 0 Å². The Bertz CT molecular complexity index is 1150. The van der Waals surface area contributed by atoms with Crippen molar-refractivity contribution in [2.75, 3.05) is 11.9 Å². The van der Waals surface area contributed by atoms with E-state index in [0.29, 0.717) is 24.1 Å². The van der Waals surface area contributed by atoms with Crippen molar-refractivity contribution in [2.24, 2.45) is 5.92 Å². The summed E-state index contributed by atoms with van der Waals surface area (Å²) in [5, 5.41) is 2.87. The lowest BCUT2D eigenvalue weighted by Crippen LogP contribution is -2.45. The number of carbonyl (C=O) groups is 1. The first-order valence-electron chi connectivity index (χ1n) is 10.1. The number of amides is 1. The first-order valence-corrected chi connectivity index (χ1v) is 11.6. The molecule has 0 aliphatic carbocycles. The molecule has 1 heterocycles. The van der Waals surface area contributed by atoms with Crippen molar-refractivity contribution in [1.82, 2.24) is 4.31 Å². The molecule has 3 aromatic rings. The molecule has 0 aromatic heterocycles. The van der Waals surface area contributed by atoms with E-state index in [1.165, 1.54) is 28.6 Å². The molecular formula is C24H23FN2O3S. The number of anilines is 1. The number of nitrogens with one attached hydrogen (secondary N) is 1. The average Bonchev–Trinajstić information content (AvgIpc) is 2.80. The Morgan fingerprint density at radius 3 is 2.26 bits per heavy atom. The van der Waals surface area contributed by atoms with Crippen LogP contribution in [0.25, 0.3) is 0 Å². The summed E-state index contributed by atoms with van der Waals surface area (Å²) in [5.74, 6) is -1.15. The average molecular weight is 439 g/mol. The van der Waals surface area contributed by atoms with Crippen molar-refractivity contribution in [2.45, 2.75) is 23.8 Å². The molecule has 4 rings (SSSR count). The van der Waals surface area contributed by atoms with Crippen molar-refractivity contribution in [3.63, 3.8) is 0 Å². The smallest absolute Gasteiger partial charge is 0.243 e. The molecule has 1 aliphatic rings. The standard InChI is InChI=1S/C24H23FN2O3S/c25-20-9-7-8-18(16-20)23-15-14-19(24(28)26-21-10-3-1-4-11-21)17-27(23)31(29,30)22-12-5-2-6-13-22/h1-13,16,19,23H,14-15,17H2,(H,26,28). The fourth-order valence-electron chi connectivity index (χ4n) is 3.96. The molecule has 0 saturated carbocycles. The second-order valence-corrected chi connectivity index (χ2v) is 9.48. The minimum atomic E-state index is -3.88. The van der Waals surface area contributed by atoms with E-state index >= 15 is 0 Å². The number of carbonyl (C=O) groups excluding carboxylic acids is 1. The van der Waals surface area contributed by atoms with E-state index in [9.17, 15) is 17.6 Å². The van der Waals surface area contributed by atoms with Crippen LogP contribution < -0.4 is 5.32 Å². The van der Waals surface area contributed by atoms with Crippen molar-refractivity contribution >= 4 is 21.6 Å². The minimum Gasteiger partial charge on any atom is -0.326 e. The van der Waals surface area contributed by atoms with Crippen molar-refractivity contribution in [3.8, 4) is 0 Å². The largest absolute Gasteiger partial charge is 0.326 e. The third-order valence-corrected chi connectivity index (χ3v) is 7.42. The SMILES string of the molecule is O=C(Nc1ccccc1)C1CCC(c2cccc(F)c2)N(S(=O)(=O)c2ccccc2)C1. The van der Waals surface area contributed by atoms with Crippen LogP contribution in [0.5, 0.6) is 0 Å². The summed E-state index contributed by atoms with van der Waals surface area (Å²) >= 11 is 0. The maximum Gasteiger partial charge on any atom is 0.243 e. The predicted molar refractivity (Wildman–Crippen MR) is 117 cm³/mol. The summed E-state index contributed by atoms with van der Waals surface area (Å²) < 4.78 is 42.2. The number of halogens is 1. The van der Waals surface area contributed by atoms with Crippen LogP contribution in [0.1, 0.15) is 24.4 Å². The first kappa shape index (κ1) is 21.2. The molecule has 2 atom stereocenters. The van der Waals surface area contributed by atoms with Crippen LogP contribution >= 0.6 is 0 Å². The molecule has 2 unspecified atom stereocenters. The third kappa shape index (κ3) is 4.68. The summed E-state index contributed by atoms with van der Waals surface area (Å²) in [7, 11) is -3.88. The lowest BCUT2D eigenvalue weighted by Gasteiger charge is -2.38. The second kappa shape index (κ2) is 8.99. The van der Waals surface area contributed by atoms with E-state index in [4.69, 9.17) is 0 Å². The Labute approximate surface area is 181 Å². The number of rotatable bonds is 5. The number of hydrogen-bond donors (Lipinski definition) is 1. The number of hydrogen-bond acceptors (Lipinski definition) is 3. The fourth-order valence-corrected chi connectivity index (χ4v) is 5.67. The highest BCUT2D eigenvalue weighted by atomic mass is 32.2. The van der Waals surface area contributed by atoms with Crippen LogP contribution in [0.4, 0.5) is 10.1 Å². The first-order chi connectivity index (χ1) is 14.9. The molecular weight excluding hydrogens is 415 g/mol. The van der Waals surface area contributed by atoms with Gasteiger partial charge in [-0.2, -0.15) is 4.31 Å². The van der Waals surface area contributed by atoms with Gasteiger partial charge < -0.3 is 5.32 Å². The van der Waals surface area contributed by atoms with E-state index in [0.717, 1.165) is 0 Å². The highest BCUT2D eigenvalue weighted by Gasteiger charge is 2.40. The molecule has 0 spiro atoms. The zero-order chi connectivity index (χ0) is 21.8. The Balaban J connectivity index is 1.65. The van der Waals surface area contributed by atoms with Gasteiger partial charge in [0.1, 0.15) is 5.82 Å². The molecule has 160 valence electrons. The molecule has 0 radical (unpaired) electrons. The number of benzene rings is 3. The van der Waals surface area contributed by atoms with E-state index in [1.54, 1.807) is 42.5 Å². The van der Waals surface area contributed by atoms with Gasteiger partial charge in [0.05, 0.1) is 16.9 Å². The van der Waals surface area contributed by atoms with Crippen LogP contribution in [0.3, 0.4) is 0 Å². The molecule has 1 amide bonds. The third-order valence-electron chi connectivity index (χ3n) is 5.53. The molecule has 1 aliphatic heterocycles. The van der Waals surface area contributed by atoms with Crippen molar-refractivity contribution in [1.29, 1.82) is 0 Å². The van der Waals surface area contributed by atoms with Gasteiger partial charge in [-0.3, -0.25) is 4.79 Å². The predicted octanol–water partition coefficient (Wildman–Crippen LogP) is 4.61. The summed E-state index contributed by atoms with van der Waals surface area (Å²) in [6.07, 6.45) is 0.920. The van der Waals surface area contributed by atoms with Gasteiger partial charge in [0.15, 0.2) is 0 Å². The van der Waals surface area contributed by atoms with Crippen LogP contribution in [0, 0.1) is 11.7 Å². The lowest BCUT2D eigenvalue weighted by atomic mass is 9.90. The van der Waals surface area contributed by atoms with E-state index in [-0.39, 0.29) is 17.3 Å². The second-order valence-electron chi connectivity index (χ2n) is 7.59. The summed E-state index contributed by atoms with van der Waals surface area (Å²) in [6.45, 7) is 0.0249. The zero-order valence-electron chi connectivity index (χ0n) is 16.8.